The molecule has 0 aliphatic carbocycles. The summed E-state index contributed by atoms with van der Waals surface area (Å²) in [7, 11) is 0. The van der Waals surface area contributed by atoms with Gasteiger partial charge in [0, 0.05) is 5.75 Å². The molecule has 4 unspecified atom stereocenters. The first kappa shape index (κ1) is 27.1. The molecule has 4 atom stereocenters. The topological polar surface area (TPSA) is 237 Å². The first-order valence-corrected chi connectivity index (χ1v) is 9.50. The Kier molecular flexibility index (Phi) is 11.4. The summed E-state index contributed by atoms with van der Waals surface area (Å²) in [4.78, 5) is 70.0. The number of hydrogen-bond acceptors (Lipinski definition) is 8. The highest BCUT2D eigenvalue weighted by Gasteiger charge is 2.32. The summed E-state index contributed by atoms with van der Waals surface area (Å²) in [5.74, 6) is -6.32. The Morgan fingerprint density at radius 2 is 1.33 bits per heavy atom. The molecule has 0 aromatic carbocycles. The van der Waals surface area contributed by atoms with Crippen LogP contribution in [0.1, 0.15) is 26.7 Å². The number of nitrogens with one attached hydrogen (secondary N) is 3. The Bertz CT molecular complexity index is 687. The average Bonchev–Trinajstić information content (AvgIpc) is 2.61. The summed E-state index contributed by atoms with van der Waals surface area (Å²) in [6, 6.07) is -5.23. The lowest BCUT2D eigenvalue weighted by atomic mass is 10.0. The van der Waals surface area contributed by atoms with E-state index in [2.05, 4.69) is 28.6 Å². The van der Waals surface area contributed by atoms with Gasteiger partial charge < -0.3 is 38.3 Å². The van der Waals surface area contributed by atoms with E-state index in [0.717, 1.165) is 0 Å². The molecule has 170 valence electrons. The zero-order valence-electron chi connectivity index (χ0n) is 16.6. The molecule has 0 aromatic rings. The third-order valence-electron chi connectivity index (χ3n) is 3.84. The smallest absolute Gasteiger partial charge is 0.326 e. The summed E-state index contributed by atoms with van der Waals surface area (Å²) in [6.07, 6.45) is -1.06. The van der Waals surface area contributed by atoms with Gasteiger partial charge in [-0.1, -0.05) is 13.8 Å². The van der Waals surface area contributed by atoms with Gasteiger partial charge in [0.1, 0.15) is 18.1 Å². The molecular formula is C16H28N6O7S. The number of amides is 5. The van der Waals surface area contributed by atoms with E-state index in [-0.39, 0.29) is 5.75 Å². The quantitative estimate of drug-likeness (QED) is 0.130. The molecule has 14 heteroatoms. The van der Waals surface area contributed by atoms with Crippen LogP contribution in [0.25, 0.3) is 0 Å². The number of carbonyl (C=O) groups is 6. The molecule has 0 aliphatic heterocycles. The van der Waals surface area contributed by atoms with Crippen LogP contribution >= 0.6 is 12.6 Å². The van der Waals surface area contributed by atoms with Crippen molar-refractivity contribution in [3.63, 3.8) is 0 Å². The predicted octanol–water partition coefficient (Wildman–Crippen LogP) is -3.81. The van der Waals surface area contributed by atoms with Gasteiger partial charge in [-0.15, -0.1) is 0 Å². The van der Waals surface area contributed by atoms with Crippen molar-refractivity contribution in [2.45, 2.75) is 50.9 Å². The monoisotopic (exact) mass is 448 g/mol. The van der Waals surface area contributed by atoms with Crippen molar-refractivity contribution >= 4 is 48.1 Å². The second-order valence-electron chi connectivity index (χ2n) is 6.82. The Balaban J connectivity index is 5.21. The number of primary amides is 2. The summed E-state index contributed by atoms with van der Waals surface area (Å²) in [5.41, 5.74) is 15.5. The van der Waals surface area contributed by atoms with Crippen LogP contribution in [0.3, 0.4) is 0 Å². The Morgan fingerprint density at radius 3 is 1.73 bits per heavy atom. The van der Waals surface area contributed by atoms with Crippen molar-refractivity contribution in [1.29, 1.82) is 0 Å². The van der Waals surface area contributed by atoms with Gasteiger partial charge in [-0.3, -0.25) is 24.0 Å². The van der Waals surface area contributed by atoms with E-state index in [1.165, 1.54) is 0 Å². The van der Waals surface area contributed by atoms with Crippen molar-refractivity contribution < 1.29 is 33.9 Å². The molecule has 5 amide bonds. The maximum Gasteiger partial charge on any atom is 0.326 e. The molecule has 0 aliphatic rings. The standard InChI is InChI=1S/C16H28N6O7S/c1-6(2)12(15(27)20-8(16(28)29)4-11(19)24)22-14(26)9(5-30)21-13(25)7(17)3-10(18)23/h6-9,12,30H,3-5,17H2,1-2H3,(H2,18,23)(H2,19,24)(H,20,27)(H,21,25)(H,22,26)(H,28,29). The Morgan fingerprint density at radius 1 is 0.833 bits per heavy atom. The van der Waals surface area contributed by atoms with Crippen LogP contribution in [-0.2, 0) is 28.8 Å². The van der Waals surface area contributed by atoms with Gasteiger partial charge in [0.15, 0.2) is 0 Å². The lowest BCUT2D eigenvalue weighted by Crippen LogP contribution is -2.59. The second kappa shape index (κ2) is 12.6. The fourth-order valence-corrected chi connectivity index (χ4v) is 2.49. The SMILES string of the molecule is CC(C)C(NC(=O)C(CS)NC(=O)C(N)CC(N)=O)C(=O)NC(CC(N)=O)C(=O)O. The number of nitrogens with two attached hydrogens (primary N) is 3. The molecule has 0 saturated heterocycles. The van der Waals surface area contributed by atoms with E-state index in [0.29, 0.717) is 0 Å². The fraction of sp³-hybridized carbons (Fsp3) is 0.625. The molecular weight excluding hydrogens is 420 g/mol. The van der Waals surface area contributed by atoms with Crippen LogP contribution in [0.15, 0.2) is 0 Å². The van der Waals surface area contributed by atoms with Gasteiger partial charge in [-0.05, 0) is 5.92 Å². The van der Waals surface area contributed by atoms with Gasteiger partial charge in [0.25, 0.3) is 0 Å². The number of thiol groups is 1. The number of hydrogen-bond donors (Lipinski definition) is 8. The third kappa shape index (κ3) is 9.56. The number of carboxylic acids is 1. The van der Waals surface area contributed by atoms with Crippen LogP contribution in [0, 0.1) is 5.92 Å². The highest BCUT2D eigenvalue weighted by molar-refractivity contribution is 7.80. The Hall–Kier alpha value is -2.87. The molecule has 13 nitrogen and oxygen atoms in total. The minimum atomic E-state index is -1.57. The van der Waals surface area contributed by atoms with E-state index in [1.807, 2.05) is 0 Å². The van der Waals surface area contributed by atoms with Crippen LogP contribution in [-0.4, -0.2) is 70.5 Å². The van der Waals surface area contributed by atoms with Crippen molar-refractivity contribution in [3.05, 3.63) is 0 Å². The normalized spacial score (nSPS) is 14.7. The maximum absolute atomic E-state index is 12.5. The molecule has 0 saturated carbocycles. The van der Waals surface area contributed by atoms with Crippen molar-refractivity contribution in [3.8, 4) is 0 Å². The lowest BCUT2D eigenvalue weighted by molar-refractivity contribution is -0.144. The molecule has 0 fully saturated rings. The molecule has 0 heterocycles. The molecule has 10 N–H and O–H groups in total. The highest BCUT2D eigenvalue weighted by atomic mass is 32.1. The van der Waals surface area contributed by atoms with E-state index in [4.69, 9.17) is 22.3 Å². The predicted molar refractivity (Wildman–Crippen MR) is 108 cm³/mol. The highest BCUT2D eigenvalue weighted by Crippen LogP contribution is 2.05. The zero-order valence-corrected chi connectivity index (χ0v) is 17.5. The summed E-state index contributed by atoms with van der Waals surface area (Å²) < 4.78 is 0. The number of carbonyl (C=O) groups excluding carboxylic acids is 5. The summed E-state index contributed by atoms with van der Waals surface area (Å²) in [6.45, 7) is 3.18. The van der Waals surface area contributed by atoms with Gasteiger partial charge in [0.05, 0.1) is 18.9 Å². The first-order valence-electron chi connectivity index (χ1n) is 8.87. The number of carboxylic acid groups (broad SMARTS) is 1. The maximum atomic E-state index is 12.5. The fourth-order valence-electron chi connectivity index (χ4n) is 2.23. The molecule has 30 heavy (non-hydrogen) atoms. The third-order valence-corrected chi connectivity index (χ3v) is 4.21. The molecule has 0 aromatic heterocycles. The van der Waals surface area contributed by atoms with E-state index in [9.17, 15) is 28.8 Å². The van der Waals surface area contributed by atoms with E-state index < -0.39 is 78.4 Å². The summed E-state index contributed by atoms with van der Waals surface area (Å²) in [5, 5.41) is 15.9. The van der Waals surface area contributed by atoms with E-state index >= 15 is 0 Å². The molecule has 0 spiro atoms. The van der Waals surface area contributed by atoms with Crippen LogP contribution < -0.4 is 33.2 Å². The zero-order chi connectivity index (χ0) is 23.6. The van der Waals surface area contributed by atoms with Gasteiger partial charge in [0.2, 0.25) is 29.5 Å². The van der Waals surface area contributed by atoms with Crippen molar-refractivity contribution in [2.24, 2.45) is 23.1 Å². The number of aliphatic carboxylic acids is 1. The van der Waals surface area contributed by atoms with Crippen molar-refractivity contribution in [2.75, 3.05) is 5.75 Å². The minimum Gasteiger partial charge on any atom is -0.480 e. The van der Waals surface area contributed by atoms with Gasteiger partial charge in [-0.25, -0.2) is 4.79 Å². The van der Waals surface area contributed by atoms with Crippen LogP contribution in [0.4, 0.5) is 0 Å². The molecule has 0 radical (unpaired) electrons. The Labute approximate surface area is 178 Å². The van der Waals surface area contributed by atoms with Gasteiger partial charge in [-0.2, -0.15) is 12.6 Å². The summed E-state index contributed by atoms with van der Waals surface area (Å²) >= 11 is 3.98. The van der Waals surface area contributed by atoms with E-state index in [1.54, 1.807) is 13.8 Å². The lowest BCUT2D eigenvalue weighted by Gasteiger charge is -2.26. The van der Waals surface area contributed by atoms with Crippen molar-refractivity contribution in [1.82, 2.24) is 16.0 Å². The minimum absolute atomic E-state index is 0.160. The molecule has 0 rings (SSSR count). The number of rotatable bonds is 13. The van der Waals surface area contributed by atoms with Crippen LogP contribution in [0.2, 0.25) is 0 Å². The molecule has 0 bridgehead atoms. The second-order valence-corrected chi connectivity index (χ2v) is 7.19. The van der Waals surface area contributed by atoms with Crippen LogP contribution in [0.5, 0.6) is 0 Å². The van der Waals surface area contributed by atoms with Gasteiger partial charge >= 0.3 is 5.97 Å². The largest absolute Gasteiger partial charge is 0.480 e. The average molecular weight is 449 g/mol. The first-order chi connectivity index (χ1) is 13.8.